The standard InChI is InChI=1S/C20H17ClN4O6S/c21-10-1-2-13-9(3-10)4-15(19(29)31-13)32-20-24-12-5-22-8-23-17(12)25(20)18-11(6-26)16(28)14(7-27)30-18/h1-5,8,11,14,16,18,26-28H,6-7H2/t11-,14-,16+,18-/m1/s1. The van der Waals surface area contributed by atoms with Gasteiger partial charge in [-0.1, -0.05) is 11.6 Å². The second-order valence-electron chi connectivity index (χ2n) is 7.26. The highest BCUT2D eigenvalue weighted by Crippen LogP contribution is 2.40. The fourth-order valence-corrected chi connectivity index (χ4v) is 4.90. The second kappa shape index (κ2) is 8.43. The van der Waals surface area contributed by atoms with Crippen LogP contribution in [-0.4, -0.2) is 60.3 Å². The van der Waals surface area contributed by atoms with Crippen LogP contribution in [0, 0.1) is 5.92 Å². The molecule has 1 aliphatic heterocycles. The summed E-state index contributed by atoms with van der Waals surface area (Å²) in [5.41, 5.74) is 0.667. The summed E-state index contributed by atoms with van der Waals surface area (Å²) < 4.78 is 12.8. The molecule has 166 valence electrons. The number of rotatable bonds is 5. The van der Waals surface area contributed by atoms with Gasteiger partial charge in [-0.2, -0.15) is 0 Å². The quantitative estimate of drug-likeness (QED) is 0.363. The zero-order valence-electron chi connectivity index (χ0n) is 16.3. The van der Waals surface area contributed by atoms with Crippen LogP contribution < -0.4 is 5.63 Å². The molecule has 12 heteroatoms. The molecule has 1 aromatic carbocycles. The molecule has 0 radical (unpaired) electrons. The molecule has 1 saturated heterocycles. The van der Waals surface area contributed by atoms with Crippen molar-refractivity contribution in [2.75, 3.05) is 13.2 Å². The van der Waals surface area contributed by atoms with Crippen LogP contribution >= 0.6 is 23.4 Å². The normalized spacial score (nSPS) is 23.4. The maximum atomic E-state index is 12.6. The van der Waals surface area contributed by atoms with E-state index < -0.39 is 43.2 Å². The monoisotopic (exact) mass is 476 g/mol. The summed E-state index contributed by atoms with van der Waals surface area (Å²) >= 11 is 7.09. The molecule has 0 bridgehead atoms. The van der Waals surface area contributed by atoms with E-state index in [9.17, 15) is 20.1 Å². The van der Waals surface area contributed by atoms with Crippen LogP contribution in [0.25, 0.3) is 22.1 Å². The van der Waals surface area contributed by atoms with Crippen molar-refractivity contribution >= 4 is 45.5 Å². The average molecular weight is 477 g/mol. The second-order valence-corrected chi connectivity index (χ2v) is 8.71. The van der Waals surface area contributed by atoms with Crippen molar-refractivity contribution in [2.24, 2.45) is 5.92 Å². The number of aliphatic hydroxyl groups is 3. The van der Waals surface area contributed by atoms with Gasteiger partial charge in [0.15, 0.2) is 10.8 Å². The molecule has 32 heavy (non-hydrogen) atoms. The Morgan fingerprint density at radius 1 is 1.22 bits per heavy atom. The number of nitrogens with zero attached hydrogens (tertiary/aromatic N) is 4. The van der Waals surface area contributed by atoms with Gasteiger partial charge in [-0.3, -0.25) is 4.57 Å². The summed E-state index contributed by atoms with van der Waals surface area (Å²) in [6, 6.07) is 6.58. The largest absolute Gasteiger partial charge is 0.422 e. The van der Waals surface area contributed by atoms with Gasteiger partial charge >= 0.3 is 5.63 Å². The van der Waals surface area contributed by atoms with Crippen molar-refractivity contribution in [1.29, 1.82) is 0 Å². The van der Waals surface area contributed by atoms with Gasteiger partial charge in [0.05, 0.1) is 31.4 Å². The number of fused-ring (bicyclic) bond motifs is 2. The van der Waals surface area contributed by atoms with E-state index in [1.807, 2.05) is 0 Å². The van der Waals surface area contributed by atoms with E-state index in [-0.39, 0.29) is 4.90 Å². The fourth-order valence-electron chi connectivity index (χ4n) is 3.78. The lowest BCUT2D eigenvalue weighted by Gasteiger charge is -2.21. The van der Waals surface area contributed by atoms with Gasteiger partial charge < -0.3 is 24.5 Å². The Kier molecular flexibility index (Phi) is 5.61. The van der Waals surface area contributed by atoms with Crippen LogP contribution in [-0.2, 0) is 4.74 Å². The number of benzene rings is 1. The Labute approximate surface area is 189 Å². The van der Waals surface area contributed by atoms with Gasteiger partial charge in [0, 0.05) is 10.4 Å². The smallest absolute Gasteiger partial charge is 0.350 e. The Morgan fingerprint density at radius 2 is 2.06 bits per heavy atom. The van der Waals surface area contributed by atoms with Crippen LogP contribution in [0.1, 0.15) is 6.23 Å². The van der Waals surface area contributed by atoms with Crippen LogP contribution in [0.2, 0.25) is 5.02 Å². The number of aromatic nitrogens is 4. The van der Waals surface area contributed by atoms with Crippen molar-refractivity contribution in [3.63, 3.8) is 0 Å². The number of imidazole rings is 1. The molecule has 3 N–H and O–H groups in total. The molecule has 1 fully saturated rings. The molecule has 0 saturated carbocycles. The molecule has 0 spiro atoms. The highest BCUT2D eigenvalue weighted by atomic mass is 35.5. The SMILES string of the molecule is O=c1oc2ccc(Cl)cc2cc1Sc1nc2cncnc2n1[C@@H]1O[C@H](CO)[C@@H](O)[C@H]1CO. The summed E-state index contributed by atoms with van der Waals surface area (Å²) in [5, 5.41) is 31.4. The van der Waals surface area contributed by atoms with Gasteiger partial charge in [-0.15, -0.1) is 0 Å². The molecule has 10 nitrogen and oxygen atoms in total. The number of halogens is 1. The van der Waals surface area contributed by atoms with Gasteiger partial charge in [0.1, 0.15) is 34.7 Å². The topological polar surface area (TPSA) is 144 Å². The van der Waals surface area contributed by atoms with E-state index in [0.717, 1.165) is 11.8 Å². The van der Waals surface area contributed by atoms with Crippen molar-refractivity contribution in [3.8, 4) is 0 Å². The first kappa shape index (κ1) is 21.3. The zero-order chi connectivity index (χ0) is 22.4. The molecule has 0 amide bonds. The molecule has 0 aliphatic carbocycles. The van der Waals surface area contributed by atoms with Gasteiger partial charge in [0.25, 0.3) is 0 Å². The summed E-state index contributed by atoms with van der Waals surface area (Å²) in [4.78, 5) is 25.6. The molecule has 1 aliphatic rings. The van der Waals surface area contributed by atoms with Crippen LogP contribution in [0.5, 0.6) is 0 Å². The molecular weight excluding hydrogens is 460 g/mol. The Morgan fingerprint density at radius 3 is 2.84 bits per heavy atom. The first-order chi connectivity index (χ1) is 15.5. The molecule has 4 atom stereocenters. The van der Waals surface area contributed by atoms with Gasteiger partial charge in [-0.05, 0) is 36.0 Å². The minimum absolute atomic E-state index is 0.252. The van der Waals surface area contributed by atoms with Crippen molar-refractivity contribution in [1.82, 2.24) is 19.5 Å². The summed E-state index contributed by atoms with van der Waals surface area (Å²) in [6.07, 6.45) is -0.0165. The van der Waals surface area contributed by atoms with Crippen LogP contribution in [0.3, 0.4) is 0 Å². The van der Waals surface area contributed by atoms with Crippen LogP contribution in [0.15, 0.2) is 56.1 Å². The molecule has 3 aromatic heterocycles. The maximum Gasteiger partial charge on any atom is 0.350 e. The third-order valence-electron chi connectivity index (χ3n) is 5.33. The minimum Gasteiger partial charge on any atom is -0.422 e. The van der Waals surface area contributed by atoms with E-state index >= 15 is 0 Å². The van der Waals surface area contributed by atoms with E-state index in [1.54, 1.807) is 28.8 Å². The van der Waals surface area contributed by atoms with E-state index in [1.165, 1.54) is 12.5 Å². The highest BCUT2D eigenvalue weighted by molar-refractivity contribution is 7.99. The van der Waals surface area contributed by atoms with Gasteiger partial charge in [-0.25, -0.2) is 19.7 Å². The minimum atomic E-state index is -1.10. The average Bonchev–Trinajstić information content (AvgIpc) is 3.30. The fraction of sp³-hybridized carbons (Fsp3) is 0.300. The predicted octanol–water partition coefficient (Wildman–Crippen LogP) is 1.60. The maximum absolute atomic E-state index is 12.6. The lowest BCUT2D eigenvalue weighted by Crippen LogP contribution is -2.31. The predicted molar refractivity (Wildman–Crippen MR) is 115 cm³/mol. The van der Waals surface area contributed by atoms with Gasteiger partial charge in [0.2, 0.25) is 0 Å². The number of hydrogen-bond donors (Lipinski definition) is 3. The van der Waals surface area contributed by atoms with E-state index in [4.69, 9.17) is 20.8 Å². The Balaban J connectivity index is 1.64. The summed E-state index contributed by atoms with van der Waals surface area (Å²) in [7, 11) is 0. The third kappa shape index (κ3) is 3.56. The van der Waals surface area contributed by atoms with Crippen molar-refractivity contribution in [2.45, 2.75) is 28.5 Å². The van der Waals surface area contributed by atoms with Crippen molar-refractivity contribution < 1.29 is 24.5 Å². The zero-order valence-corrected chi connectivity index (χ0v) is 17.9. The molecule has 0 unspecified atom stereocenters. The number of ether oxygens (including phenoxy) is 1. The number of hydrogen-bond acceptors (Lipinski definition) is 10. The molecule has 4 heterocycles. The first-order valence-electron chi connectivity index (χ1n) is 9.64. The van der Waals surface area contributed by atoms with Crippen molar-refractivity contribution in [3.05, 3.63) is 52.2 Å². The van der Waals surface area contributed by atoms with Crippen LogP contribution in [0.4, 0.5) is 0 Å². The molecule has 5 rings (SSSR count). The Hall–Kier alpha value is -2.54. The molecule has 4 aromatic rings. The lowest BCUT2D eigenvalue weighted by molar-refractivity contribution is -0.0494. The summed E-state index contributed by atoms with van der Waals surface area (Å²) in [5.74, 6) is -0.745. The van der Waals surface area contributed by atoms with E-state index in [2.05, 4.69) is 15.0 Å². The number of aliphatic hydroxyl groups excluding tert-OH is 3. The Bertz CT molecular complexity index is 1360. The molecular formula is C20H17ClN4O6S. The summed E-state index contributed by atoms with van der Waals surface area (Å²) in [6.45, 7) is -0.818. The third-order valence-corrected chi connectivity index (χ3v) is 6.54. The van der Waals surface area contributed by atoms with E-state index in [0.29, 0.717) is 32.3 Å². The highest BCUT2D eigenvalue weighted by Gasteiger charge is 2.45. The lowest BCUT2D eigenvalue weighted by atomic mass is 10.0. The first-order valence-corrected chi connectivity index (χ1v) is 10.8.